The summed E-state index contributed by atoms with van der Waals surface area (Å²) in [5, 5.41) is 0. The fourth-order valence-corrected chi connectivity index (χ4v) is 1.88. The van der Waals surface area contributed by atoms with Crippen LogP contribution in [0, 0.1) is 0 Å². The summed E-state index contributed by atoms with van der Waals surface area (Å²) in [5.41, 5.74) is 4.50. The molecule has 0 spiro atoms. The Balaban J connectivity index is 2.69. The van der Waals surface area contributed by atoms with Crippen LogP contribution < -0.4 is 0 Å². The summed E-state index contributed by atoms with van der Waals surface area (Å²) in [6, 6.07) is 0. The Morgan fingerprint density at radius 2 is 1.94 bits per heavy atom. The Kier molecular flexibility index (Phi) is 4.47. The molecule has 0 heterocycles. The summed E-state index contributed by atoms with van der Waals surface area (Å²) < 4.78 is 4.60. The maximum atomic E-state index is 11.1. The number of esters is 1. The van der Waals surface area contributed by atoms with E-state index in [0.29, 0.717) is 12.8 Å². The van der Waals surface area contributed by atoms with Crippen molar-refractivity contribution in [1.29, 1.82) is 0 Å². The second kappa shape index (κ2) is 5.64. The fourth-order valence-electron chi connectivity index (χ4n) is 1.88. The van der Waals surface area contributed by atoms with Crippen molar-refractivity contribution >= 4 is 12.3 Å². The third kappa shape index (κ3) is 3.05. The zero-order valence-corrected chi connectivity index (χ0v) is 10.1. The molecule has 0 saturated carbocycles. The smallest absolute Gasteiger partial charge is 0.305 e. The molecule has 1 aliphatic carbocycles. The molecule has 3 heteroatoms. The molecule has 0 saturated heterocycles. The van der Waals surface area contributed by atoms with Crippen LogP contribution in [0.3, 0.4) is 0 Å². The van der Waals surface area contributed by atoms with Gasteiger partial charge in [-0.2, -0.15) is 0 Å². The Hall–Kier alpha value is -1.38. The van der Waals surface area contributed by atoms with Crippen LogP contribution in [0.1, 0.15) is 39.5 Å². The highest BCUT2D eigenvalue weighted by Crippen LogP contribution is 2.31. The van der Waals surface area contributed by atoms with Crippen molar-refractivity contribution in [3.8, 4) is 0 Å². The summed E-state index contributed by atoms with van der Waals surface area (Å²) >= 11 is 0. The van der Waals surface area contributed by atoms with Gasteiger partial charge in [-0.3, -0.25) is 9.59 Å². The Morgan fingerprint density at radius 3 is 2.50 bits per heavy atom. The first-order chi connectivity index (χ1) is 7.58. The summed E-state index contributed by atoms with van der Waals surface area (Å²) in [6.45, 7) is 4.13. The predicted octanol–water partition coefficient (Wildman–Crippen LogP) is 2.57. The Bertz CT molecular complexity index is 361. The van der Waals surface area contributed by atoms with Gasteiger partial charge < -0.3 is 4.74 Å². The van der Waals surface area contributed by atoms with E-state index >= 15 is 0 Å². The molecule has 1 aliphatic rings. The number of hydrogen-bond donors (Lipinski definition) is 0. The van der Waals surface area contributed by atoms with Gasteiger partial charge in [-0.25, -0.2) is 0 Å². The topological polar surface area (TPSA) is 43.4 Å². The second-order valence-electron chi connectivity index (χ2n) is 4.24. The lowest BCUT2D eigenvalue weighted by Gasteiger charge is -2.19. The molecule has 88 valence electrons. The van der Waals surface area contributed by atoms with Gasteiger partial charge in [0.1, 0.15) is 6.29 Å². The van der Waals surface area contributed by atoms with Crippen molar-refractivity contribution in [3.05, 3.63) is 22.3 Å². The number of ether oxygens (including phenoxy) is 1. The van der Waals surface area contributed by atoms with Crippen LogP contribution >= 0.6 is 0 Å². The van der Waals surface area contributed by atoms with Crippen molar-refractivity contribution in [2.75, 3.05) is 7.11 Å². The average molecular weight is 222 g/mol. The average Bonchev–Trinajstić information content (AvgIpc) is 2.29. The quantitative estimate of drug-likeness (QED) is 0.417. The zero-order valence-electron chi connectivity index (χ0n) is 10.1. The molecule has 0 fully saturated rings. The SMILES string of the molecule is COC(=O)CCC1=C(C=O)CC(C)=C(C)C1. The zero-order chi connectivity index (χ0) is 12.1. The van der Waals surface area contributed by atoms with Gasteiger partial charge in [-0.1, -0.05) is 16.7 Å². The van der Waals surface area contributed by atoms with Crippen molar-refractivity contribution in [2.45, 2.75) is 39.5 Å². The molecule has 0 radical (unpaired) electrons. The Labute approximate surface area is 96.2 Å². The molecular weight excluding hydrogens is 204 g/mol. The monoisotopic (exact) mass is 222 g/mol. The highest BCUT2D eigenvalue weighted by molar-refractivity contribution is 5.77. The fraction of sp³-hybridized carbons (Fsp3) is 0.538. The Morgan fingerprint density at radius 1 is 1.31 bits per heavy atom. The van der Waals surface area contributed by atoms with Gasteiger partial charge in [0.05, 0.1) is 7.11 Å². The molecule has 0 bridgehead atoms. The third-order valence-corrected chi connectivity index (χ3v) is 3.12. The van der Waals surface area contributed by atoms with Crippen LogP contribution in [-0.4, -0.2) is 19.4 Å². The van der Waals surface area contributed by atoms with E-state index in [2.05, 4.69) is 18.6 Å². The van der Waals surface area contributed by atoms with Gasteiger partial charge in [-0.05, 0) is 38.7 Å². The largest absolute Gasteiger partial charge is 0.469 e. The van der Waals surface area contributed by atoms with E-state index in [1.165, 1.54) is 18.3 Å². The van der Waals surface area contributed by atoms with Gasteiger partial charge in [0.25, 0.3) is 0 Å². The van der Waals surface area contributed by atoms with E-state index < -0.39 is 0 Å². The third-order valence-electron chi connectivity index (χ3n) is 3.12. The van der Waals surface area contributed by atoms with E-state index in [4.69, 9.17) is 0 Å². The van der Waals surface area contributed by atoms with Crippen LogP contribution in [0.2, 0.25) is 0 Å². The van der Waals surface area contributed by atoms with Crippen molar-refractivity contribution < 1.29 is 14.3 Å². The number of carbonyl (C=O) groups excluding carboxylic acids is 2. The number of carbonyl (C=O) groups is 2. The van der Waals surface area contributed by atoms with Crippen molar-refractivity contribution in [3.63, 3.8) is 0 Å². The number of rotatable bonds is 4. The van der Waals surface area contributed by atoms with E-state index in [-0.39, 0.29) is 5.97 Å². The standard InChI is InChI=1S/C13H18O3/c1-9-6-11(4-5-13(15)16-3)12(8-14)7-10(9)2/h8H,4-7H2,1-3H3. The summed E-state index contributed by atoms with van der Waals surface area (Å²) in [7, 11) is 1.38. The minimum atomic E-state index is -0.221. The first-order valence-electron chi connectivity index (χ1n) is 5.46. The molecular formula is C13H18O3. The van der Waals surface area contributed by atoms with E-state index in [9.17, 15) is 9.59 Å². The minimum absolute atomic E-state index is 0.221. The maximum absolute atomic E-state index is 11.1. The van der Waals surface area contributed by atoms with E-state index in [1.54, 1.807) is 0 Å². The van der Waals surface area contributed by atoms with Crippen LogP contribution in [0.5, 0.6) is 0 Å². The van der Waals surface area contributed by atoms with Crippen LogP contribution in [0.4, 0.5) is 0 Å². The number of methoxy groups -OCH3 is 1. The van der Waals surface area contributed by atoms with Gasteiger partial charge >= 0.3 is 5.97 Å². The summed E-state index contributed by atoms with van der Waals surface area (Å²) in [5.74, 6) is -0.221. The van der Waals surface area contributed by atoms with Crippen molar-refractivity contribution in [2.24, 2.45) is 0 Å². The molecule has 0 atom stereocenters. The van der Waals surface area contributed by atoms with E-state index in [0.717, 1.165) is 30.3 Å². The van der Waals surface area contributed by atoms with Crippen LogP contribution in [0.15, 0.2) is 22.3 Å². The lowest BCUT2D eigenvalue weighted by molar-refractivity contribution is -0.140. The van der Waals surface area contributed by atoms with Gasteiger partial charge in [-0.15, -0.1) is 0 Å². The van der Waals surface area contributed by atoms with Gasteiger partial charge in [0.2, 0.25) is 0 Å². The highest BCUT2D eigenvalue weighted by Gasteiger charge is 2.16. The summed E-state index contributed by atoms with van der Waals surface area (Å²) in [6.07, 6.45) is 3.45. The molecule has 1 rings (SSSR count). The lowest BCUT2D eigenvalue weighted by Crippen LogP contribution is -2.07. The van der Waals surface area contributed by atoms with Gasteiger partial charge in [0, 0.05) is 6.42 Å². The molecule has 16 heavy (non-hydrogen) atoms. The number of aldehydes is 1. The first-order valence-corrected chi connectivity index (χ1v) is 5.46. The van der Waals surface area contributed by atoms with Crippen molar-refractivity contribution in [1.82, 2.24) is 0 Å². The number of allylic oxidation sites excluding steroid dienone is 4. The predicted molar refractivity (Wildman–Crippen MR) is 61.9 cm³/mol. The molecule has 0 N–H and O–H groups in total. The molecule has 0 amide bonds. The molecule has 0 aliphatic heterocycles. The normalized spacial score (nSPS) is 16.4. The van der Waals surface area contributed by atoms with E-state index in [1.807, 2.05) is 0 Å². The number of hydrogen-bond acceptors (Lipinski definition) is 3. The molecule has 0 aromatic carbocycles. The summed E-state index contributed by atoms with van der Waals surface area (Å²) in [4.78, 5) is 22.0. The van der Waals surface area contributed by atoms with Crippen LogP contribution in [-0.2, 0) is 14.3 Å². The molecule has 0 aromatic heterocycles. The molecule has 3 nitrogen and oxygen atoms in total. The maximum Gasteiger partial charge on any atom is 0.305 e. The molecule has 0 aromatic rings. The molecule has 0 unspecified atom stereocenters. The highest BCUT2D eigenvalue weighted by atomic mass is 16.5. The second-order valence-corrected chi connectivity index (χ2v) is 4.24. The lowest BCUT2D eigenvalue weighted by atomic mass is 9.86. The first kappa shape index (κ1) is 12.7. The minimum Gasteiger partial charge on any atom is -0.469 e. The van der Waals surface area contributed by atoms with Gasteiger partial charge in [0.15, 0.2) is 0 Å². The van der Waals surface area contributed by atoms with Crippen LogP contribution in [0.25, 0.3) is 0 Å².